The van der Waals surface area contributed by atoms with Gasteiger partial charge in [0.15, 0.2) is 0 Å². The van der Waals surface area contributed by atoms with E-state index in [4.69, 9.17) is 5.11 Å². The van der Waals surface area contributed by atoms with Gasteiger partial charge in [0.05, 0.1) is 17.8 Å². The van der Waals surface area contributed by atoms with Crippen LogP contribution in [0.25, 0.3) is 11.1 Å². The quantitative estimate of drug-likeness (QED) is 0.605. The Morgan fingerprint density at radius 1 is 0.966 bits per heavy atom. The van der Waals surface area contributed by atoms with Gasteiger partial charge in [-0.1, -0.05) is 61.5 Å². The van der Waals surface area contributed by atoms with E-state index in [0.717, 1.165) is 16.7 Å². The summed E-state index contributed by atoms with van der Waals surface area (Å²) in [6, 6.07) is 17.6. The number of hydrogen-bond donors (Lipinski definition) is 3. The first kappa shape index (κ1) is 20.6. The van der Waals surface area contributed by atoms with Crippen molar-refractivity contribution < 1.29 is 24.6 Å². The van der Waals surface area contributed by atoms with Gasteiger partial charge in [-0.25, -0.2) is 0 Å². The molecule has 0 radical (unpaired) electrons. The van der Waals surface area contributed by atoms with Crippen LogP contribution in [0.4, 0.5) is 0 Å². The van der Waals surface area contributed by atoms with Crippen LogP contribution in [0.5, 0.6) is 0 Å². The van der Waals surface area contributed by atoms with E-state index in [1.807, 2.05) is 54.6 Å². The van der Waals surface area contributed by atoms with Crippen molar-refractivity contribution in [3.05, 3.63) is 60.2 Å². The molecule has 4 atom stereocenters. The molecule has 152 valence electrons. The van der Waals surface area contributed by atoms with Gasteiger partial charge in [0, 0.05) is 6.04 Å². The van der Waals surface area contributed by atoms with Gasteiger partial charge >= 0.3 is 11.9 Å². The first-order valence-electron chi connectivity index (χ1n) is 9.75. The van der Waals surface area contributed by atoms with E-state index in [-0.39, 0.29) is 18.4 Å². The van der Waals surface area contributed by atoms with E-state index in [0.29, 0.717) is 12.8 Å². The summed E-state index contributed by atoms with van der Waals surface area (Å²) in [5.41, 5.74) is 3.17. The minimum atomic E-state index is -0.961. The van der Waals surface area contributed by atoms with Gasteiger partial charge in [0.1, 0.15) is 0 Å². The van der Waals surface area contributed by atoms with Gasteiger partial charge in [-0.2, -0.15) is 0 Å². The van der Waals surface area contributed by atoms with Gasteiger partial charge in [-0.05, 0) is 36.0 Å². The summed E-state index contributed by atoms with van der Waals surface area (Å²) in [4.78, 5) is 34.7. The standard InChI is InChI=1S/C23H25NO5/c1-14(22(26)27)11-18(24-21(25)19-13-20(19)23(28)29)12-15-7-9-17(10-8-15)16-5-3-2-4-6-16/h2-10,14,18-20H,11-13H2,1H3,(H,24,25)(H,26,27)(H,28,29)/t14?,18?,19-,20+/m1/s1. The molecule has 1 aliphatic carbocycles. The Bertz CT molecular complexity index is 878. The fourth-order valence-electron chi connectivity index (χ4n) is 3.54. The van der Waals surface area contributed by atoms with Crippen molar-refractivity contribution in [2.75, 3.05) is 0 Å². The molecule has 0 aromatic heterocycles. The first-order valence-corrected chi connectivity index (χ1v) is 9.75. The number of benzene rings is 2. The number of carboxylic acid groups (broad SMARTS) is 2. The molecule has 0 heterocycles. The number of carbonyl (C=O) groups excluding carboxylic acids is 1. The summed E-state index contributed by atoms with van der Waals surface area (Å²) >= 11 is 0. The lowest BCUT2D eigenvalue weighted by Gasteiger charge is -2.21. The highest BCUT2D eigenvalue weighted by Gasteiger charge is 2.48. The Hall–Kier alpha value is -3.15. The molecule has 6 nitrogen and oxygen atoms in total. The topological polar surface area (TPSA) is 104 Å². The Kier molecular flexibility index (Phi) is 6.32. The molecule has 2 aromatic rings. The highest BCUT2D eigenvalue weighted by atomic mass is 16.4. The lowest BCUT2D eigenvalue weighted by atomic mass is 9.94. The molecule has 2 unspecified atom stereocenters. The van der Waals surface area contributed by atoms with E-state index in [1.165, 1.54) is 0 Å². The average Bonchev–Trinajstić information content (AvgIpc) is 3.50. The van der Waals surface area contributed by atoms with Crippen LogP contribution < -0.4 is 5.32 Å². The SMILES string of the molecule is CC(CC(Cc1ccc(-c2ccccc2)cc1)NC(=O)[C@@H]1C[C@@H]1C(=O)O)C(=O)O. The third-order valence-corrected chi connectivity index (χ3v) is 5.39. The number of aliphatic carboxylic acids is 2. The maximum atomic E-state index is 12.4. The molecular formula is C23H25NO5. The van der Waals surface area contributed by atoms with Crippen molar-refractivity contribution in [2.24, 2.45) is 17.8 Å². The molecule has 2 aromatic carbocycles. The maximum absolute atomic E-state index is 12.4. The molecule has 3 rings (SSSR count). The summed E-state index contributed by atoms with van der Waals surface area (Å²) in [6.07, 6.45) is 1.11. The van der Waals surface area contributed by atoms with E-state index in [2.05, 4.69) is 5.32 Å². The number of nitrogens with one attached hydrogen (secondary N) is 1. The fraction of sp³-hybridized carbons (Fsp3) is 0.348. The molecular weight excluding hydrogens is 370 g/mol. The van der Waals surface area contributed by atoms with E-state index >= 15 is 0 Å². The smallest absolute Gasteiger partial charge is 0.307 e. The summed E-state index contributed by atoms with van der Waals surface area (Å²) in [7, 11) is 0. The van der Waals surface area contributed by atoms with Crippen molar-refractivity contribution in [2.45, 2.75) is 32.2 Å². The lowest BCUT2D eigenvalue weighted by molar-refractivity contribution is -0.141. The normalized spacial score (nSPS) is 19.8. The summed E-state index contributed by atoms with van der Waals surface area (Å²) in [5.74, 6) is -3.94. The Labute approximate surface area is 169 Å². The number of hydrogen-bond acceptors (Lipinski definition) is 3. The van der Waals surface area contributed by atoms with Gasteiger partial charge in [-0.15, -0.1) is 0 Å². The van der Waals surface area contributed by atoms with E-state index in [9.17, 15) is 19.5 Å². The maximum Gasteiger partial charge on any atom is 0.307 e. The van der Waals surface area contributed by atoms with Gasteiger partial charge in [0.25, 0.3) is 0 Å². The van der Waals surface area contributed by atoms with Crippen LogP contribution >= 0.6 is 0 Å². The van der Waals surface area contributed by atoms with Gasteiger partial charge in [0.2, 0.25) is 5.91 Å². The molecule has 6 heteroatoms. The number of carboxylic acids is 2. The fourth-order valence-corrected chi connectivity index (χ4v) is 3.54. The van der Waals surface area contributed by atoms with Crippen LogP contribution in [-0.2, 0) is 20.8 Å². The molecule has 0 aliphatic heterocycles. The van der Waals surface area contributed by atoms with Crippen molar-refractivity contribution in [3.8, 4) is 11.1 Å². The molecule has 1 saturated carbocycles. The van der Waals surface area contributed by atoms with Crippen molar-refractivity contribution in [3.63, 3.8) is 0 Å². The van der Waals surface area contributed by atoms with Crippen LogP contribution in [0.2, 0.25) is 0 Å². The van der Waals surface area contributed by atoms with Gasteiger partial charge < -0.3 is 15.5 Å². The minimum absolute atomic E-state index is 0.284. The van der Waals surface area contributed by atoms with Gasteiger partial charge in [-0.3, -0.25) is 14.4 Å². The molecule has 1 aliphatic rings. The van der Waals surface area contributed by atoms with Crippen molar-refractivity contribution in [1.29, 1.82) is 0 Å². The molecule has 0 saturated heterocycles. The Morgan fingerprint density at radius 3 is 2.14 bits per heavy atom. The number of amides is 1. The Morgan fingerprint density at radius 2 is 1.59 bits per heavy atom. The van der Waals surface area contributed by atoms with Crippen molar-refractivity contribution in [1.82, 2.24) is 5.32 Å². The second-order valence-corrected chi connectivity index (χ2v) is 7.73. The lowest BCUT2D eigenvalue weighted by Crippen LogP contribution is -2.40. The zero-order chi connectivity index (χ0) is 21.0. The zero-order valence-corrected chi connectivity index (χ0v) is 16.2. The zero-order valence-electron chi connectivity index (χ0n) is 16.2. The summed E-state index contributed by atoms with van der Waals surface area (Å²) < 4.78 is 0. The first-order chi connectivity index (χ1) is 13.8. The third-order valence-electron chi connectivity index (χ3n) is 5.39. The van der Waals surface area contributed by atoms with Crippen LogP contribution in [-0.4, -0.2) is 34.1 Å². The molecule has 1 amide bonds. The predicted octanol–water partition coefficient (Wildman–Crippen LogP) is 3.21. The van der Waals surface area contributed by atoms with Crippen LogP contribution in [0, 0.1) is 17.8 Å². The van der Waals surface area contributed by atoms with Crippen molar-refractivity contribution >= 4 is 17.8 Å². The molecule has 1 fully saturated rings. The third kappa shape index (κ3) is 5.44. The summed E-state index contributed by atoms with van der Waals surface area (Å²) in [5, 5.41) is 21.1. The van der Waals surface area contributed by atoms with E-state index in [1.54, 1.807) is 6.92 Å². The number of rotatable bonds is 9. The second-order valence-electron chi connectivity index (χ2n) is 7.73. The average molecular weight is 395 g/mol. The Balaban J connectivity index is 1.68. The summed E-state index contributed by atoms with van der Waals surface area (Å²) in [6.45, 7) is 1.61. The monoisotopic (exact) mass is 395 g/mol. The largest absolute Gasteiger partial charge is 0.481 e. The molecule has 3 N–H and O–H groups in total. The molecule has 29 heavy (non-hydrogen) atoms. The predicted molar refractivity (Wildman–Crippen MR) is 108 cm³/mol. The van der Waals surface area contributed by atoms with Crippen LogP contribution in [0.3, 0.4) is 0 Å². The highest BCUT2D eigenvalue weighted by molar-refractivity contribution is 5.89. The minimum Gasteiger partial charge on any atom is -0.481 e. The second kappa shape index (κ2) is 8.90. The molecule has 0 bridgehead atoms. The van der Waals surface area contributed by atoms with E-state index < -0.39 is 29.7 Å². The van der Waals surface area contributed by atoms with Crippen LogP contribution in [0.1, 0.15) is 25.3 Å². The molecule has 0 spiro atoms. The van der Waals surface area contributed by atoms with Crippen LogP contribution in [0.15, 0.2) is 54.6 Å². The number of carbonyl (C=O) groups is 3. The highest BCUT2D eigenvalue weighted by Crippen LogP contribution is 2.39.